The summed E-state index contributed by atoms with van der Waals surface area (Å²) in [5.74, 6) is -0.524. The highest BCUT2D eigenvalue weighted by Crippen LogP contribution is 2.44. The lowest BCUT2D eigenvalue weighted by Crippen LogP contribution is -2.25. The molecule has 1 fully saturated rings. The van der Waals surface area contributed by atoms with Crippen LogP contribution in [0.3, 0.4) is 0 Å². The van der Waals surface area contributed by atoms with E-state index in [4.69, 9.17) is 5.73 Å². The van der Waals surface area contributed by atoms with E-state index in [0.717, 1.165) is 5.56 Å². The first kappa shape index (κ1) is 14.9. The smallest absolute Gasteiger partial charge is 0.221 e. The minimum atomic E-state index is -0.428. The van der Waals surface area contributed by atoms with Crippen LogP contribution >= 0.6 is 22.7 Å². The minimum Gasteiger partial charge on any atom is -0.393 e. The van der Waals surface area contributed by atoms with Gasteiger partial charge in [-0.3, -0.25) is 4.79 Å². The van der Waals surface area contributed by atoms with Gasteiger partial charge in [0.25, 0.3) is 0 Å². The monoisotopic (exact) mass is 343 g/mol. The van der Waals surface area contributed by atoms with Gasteiger partial charge in [-0.05, 0) is 41.8 Å². The van der Waals surface area contributed by atoms with Crippen molar-refractivity contribution in [1.82, 2.24) is 0 Å². The Kier molecular flexibility index (Phi) is 3.71. The molecular formula is C18H17NO2S2. The molecule has 1 saturated carbocycles. The molecule has 2 aromatic heterocycles. The van der Waals surface area contributed by atoms with Crippen molar-refractivity contribution in [1.29, 1.82) is 0 Å². The fourth-order valence-electron chi connectivity index (χ4n) is 3.55. The lowest BCUT2D eigenvalue weighted by Gasteiger charge is -2.14. The quantitative estimate of drug-likeness (QED) is 0.756. The molecule has 3 N–H and O–H groups in total. The molecule has 3 atom stereocenters. The second-order valence-electron chi connectivity index (χ2n) is 6.13. The molecule has 0 spiro atoms. The van der Waals surface area contributed by atoms with Crippen molar-refractivity contribution in [3.05, 3.63) is 46.7 Å². The van der Waals surface area contributed by atoms with Gasteiger partial charge in [-0.15, -0.1) is 22.7 Å². The van der Waals surface area contributed by atoms with Crippen LogP contribution < -0.4 is 5.73 Å². The van der Waals surface area contributed by atoms with E-state index in [1.807, 2.05) is 0 Å². The maximum absolute atomic E-state index is 11.7. The average molecular weight is 343 g/mol. The molecule has 1 aliphatic carbocycles. The largest absolute Gasteiger partial charge is 0.393 e. The summed E-state index contributed by atoms with van der Waals surface area (Å²) in [6.07, 6.45) is 0.670. The van der Waals surface area contributed by atoms with Gasteiger partial charge in [0.15, 0.2) is 0 Å². The fraction of sp³-hybridized carbons (Fsp3) is 0.278. The third-order valence-corrected chi connectivity index (χ3v) is 6.64. The molecular weight excluding hydrogens is 326 g/mol. The predicted molar refractivity (Wildman–Crippen MR) is 95.8 cm³/mol. The summed E-state index contributed by atoms with van der Waals surface area (Å²) in [4.78, 5) is 12.9. The topological polar surface area (TPSA) is 63.3 Å². The van der Waals surface area contributed by atoms with E-state index in [9.17, 15) is 9.90 Å². The van der Waals surface area contributed by atoms with E-state index in [0.29, 0.717) is 12.8 Å². The van der Waals surface area contributed by atoms with Crippen LogP contribution in [0.15, 0.2) is 41.1 Å². The maximum atomic E-state index is 11.7. The molecule has 0 saturated heterocycles. The standard InChI is InChI=1S/C18H17NO2S2/c19-18(21)14-7-11(20)6-13(14)10-5-17(22-8-10)15-9-23-16-4-2-1-3-12(15)16/h1-5,8-9,11,13-14,20H,6-7H2,(H2,19,21)/t11-,13+,14+/m1/s1. The number of aliphatic hydroxyl groups is 1. The van der Waals surface area contributed by atoms with Crippen molar-refractivity contribution in [2.75, 3.05) is 0 Å². The van der Waals surface area contributed by atoms with Gasteiger partial charge in [-0.1, -0.05) is 18.2 Å². The van der Waals surface area contributed by atoms with Crippen LogP contribution in [-0.4, -0.2) is 17.1 Å². The Balaban J connectivity index is 1.70. The summed E-state index contributed by atoms with van der Waals surface area (Å²) in [6.45, 7) is 0. The van der Waals surface area contributed by atoms with Gasteiger partial charge in [-0.25, -0.2) is 0 Å². The van der Waals surface area contributed by atoms with Gasteiger partial charge in [-0.2, -0.15) is 0 Å². The number of fused-ring (bicyclic) bond motifs is 1. The van der Waals surface area contributed by atoms with Gasteiger partial charge < -0.3 is 10.8 Å². The lowest BCUT2D eigenvalue weighted by atomic mass is 9.90. The maximum Gasteiger partial charge on any atom is 0.221 e. The number of aliphatic hydroxyl groups excluding tert-OH is 1. The van der Waals surface area contributed by atoms with Gasteiger partial charge in [0.1, 0.15) is 0 Å². The van der Waals surface area contributed by atoms with E-state index in [1.165, 1.54) is 20.5 Å². The zero-order chi connectivity index (χ0) is 16.0. The molecule has 0 aliphatic heterocycles. The Bertz CT molecular complexity index is 867. The molecule has 118 valence electrons. The van der Waals surface area contributed by atoms with E-state index in [1.54, 1.807) is 22.7 Å². The Morgan fingerprint density at radius 2 is 2.00 bits per heavy atom. The molecule has 1 aromatic carbocycles. The number of primary amides is 1. The van der Waals surface area contributed by atoms with E-state index in [2.05, 4.69) is 41.1 Å². The molecule has 1 amide bonds. The number of hydrogen-bond acceptors (Lipinski definition) is 4. The number of hydrogen-bond donors (Lipinski definition) is 2. The number of nitrogens with two attached hydrogens (primary N) is 1. The van der Waals surface area contributed by atoms with Crippen LogP contribution in [0.25, 0.3) is 20.5 Å². The van der Waals surface area contributed by atoms with E-state index >= 15 is 0 Å². The molecule has 1 aliphatic rings. The normalized spacial score (nSPS) is 24.3. The number of rotatable bonds is 3. The number of carbonyl (C=O) groups is 1. The molecule has 0 unspecified atom stereocenters. The fourth-order valence-corrected chi connectivity index (χ4v) is 5.59. The predicted octanol–water partition coefficient (Wildman–Crippen LogP) is 3.97. The van der Waals surface area contributed by atoms with Gasteiger partial charge in [0.05, 0.1) is 6.10 Å². The number of carbonyl (C=O) groups excluding carboxylic acids is 1. The van der Waals surface area contributed by atoms with Crippen molar-refractivity contribution in [3.8, 4) is 10.4 Å². The molecule has 0 bridgehead atoms. The van der Waals surface area contributed by atoms with Crippen molar-refractivity contribution in [2.45, 2.75) is 24.9 Å². The van der Waals surface area contributed by atoms with Crippen LogP contribution in [0.5, 0.6) is 0 Å². The second kappa shape index (κ2) is 5.74. The van der Waals surface area contributed by atoms with Crippen LogP contribution in [0, 0.1) is 5.92 Å². The summed E-state index contributed by atoms with van der Waals surface area (Å²) in [5, 5.41) is 15.5. The van der Waals surface area contributed by atoms with Crippen LogP contribution in [-0.2, 0) is 4.79 Å². The zero-order valence-corrected chi connectivity index (χ0v) is 14.1. The summed E-state index contributed by atoms with van der Waals surface area (Å²) in [6, 6.07) is 10.6. The molecule has 3 aromatic rings. The molecule has 2 heterocycles. The average Bonchev–Trinajstić information content (AvgIpc) is 3.23. The molecule has 0 radical (unpaired) electrons. The molecule has 3 nitrogen and oxygen atoms in total. The highest BCUT2D eigenvalue weighted by Gasteiger charge is 2.38. The third kappa shape index (κ3) is 2.59. The lowest BCUT2D eigenvalue weighted by molar-refractivity contribution is -0.122. The Labute approximate surface area is 142 Å². The Morgan fingerprint density at radius 1 is 1.17 bits per heavy atom. The zero-order valence-electron chi connectivity index (χ0n) is 12.4. The summed E-state index contributed by atoms with van der Waals surface area (Å²) >= 11 is 3.45. The van der Waals surface area contributed by atoms with Crippen molar-refractivity contribution >= 4 is 38.7 Å². The van der Waals surface area contributed by atoms with Crippen LogP contribution in [0.4, 0.5) is 0 Å². The highest BCUT2D eigenvalue weighted by molar-refractivity contribution is 7.19. The third-order valence-electron chi connectivity index (χ3n) is 4.70. The second-order valence-corrected chi connectivity index (χ2v) is 7.95. The summed E-state index contributed by atoms with van der Waals surface area (Å²) in [5.41, 5.74) is 7.89. The summed E-state index contributed by atoms with van der Waals surface area (Å²) in [7, 11) is 0. The number of benzene rings is 1. The Hall–Kier alpha value is -1.69. The van der Waals surface area contributed by atoms with E-state index < -0.39 is 6.10 Å². The van der Waals surface area contributed by atoms with Gasteiger partial charge in [0, 0.05) is 31.8 Å². The Morgan fingerprint density at radius 3 is 2.83 bits per heavy atom. The first-order chi connectivity index (χ1) is 11.1. The van der Waals surface area contributed by atoms with Crippen LogP contribution in [0.2, 0.25) is 0 Å². The van der Waals surface area contributed by atoms with Crippen molar-refractivity contribution in [2.24, 2.45) is 11.7 Å². The van der Waals surface area contributed by atoms with Crippen molar-refractivity contribution < 1.29 is 9.90 Å². The summed E-state index contributed by atoms with van der Waals surface area (Å²) < 4.78 is 1.28. The van der Waals surface area contributed by atoms with Gasteiger partial charge >= 0.3 is 0 Å². The minimum absolute atomic E-state index is 0.0393. The first-order valence-electron chi connectivity index (χ1n) is 7.66. The van der Waals surface area contributed by atoms with Crippen LogP contribution in [0.1, 0.15) is 24.3 Å². The number of thiophene rings is 2. The van der Waals surface area contributed by atoms with Crippen molar-refractivity contribution in [3.63, 3.8) is 0 Å². The van der Waals surface area contributed by atoms with Gasteiger partial charge in [0.2, 0.25) is 5.91 Å². The van der Waals surface area contributed by atoms with E-state index in [-0.39, 0.29) is 17.7 Å². The molecule has 4 rings (SSSR count). The SMILES string of the molecule is NC(=O)[C@H]1C[C@H](O)C[C@H]1c1csc(-c2csc3ccccc23)c1. The highest BCUT2D eigenvalue weighted by atomic mass is 32.1. The first-order valence-corrected chi connectivity index (χ1v) is 9.42. The number of amides is 1. The molecule has 5 heteroatoms. The molecule has 23 heavy (non-hydrogen) atoms.